The van der Waals surface area contributed by atoms with Crippen molar-refractivity contribution in [2.45, 2.75) is 13.1 Å². The molecular formula is C17H26N2O4. The predicted molar refractivity (Wildman–Crippen MR) is 87.1 cm³/mol. The van der Waals surface area contributed by atoms with E-state index >= 15 is 0 Å². The van der Waals surface area contributed by atoms with E-state index in [-0.39, 0.29) is 12.5 Å². The van der Waals surface area contributed by atoms with E-state index in [4.69, 9.17) is 14.2 Å². The Kier molecular flexibility index (Phi) is 8.03. The van der Waals surface area contributed by atoms with Gasteiger partial charge in [0.2, 0.25) is 5.91 Å². The first-order valence-corrected chi connectivity index (χ1v) is 7.99. The van der Waals surface area contributed by atoms with Gasteiger partial charge >= 0.3 is 0 Å². The summed E-state index contributed by atoms with van der Waals surface area (Å²) in [4.78, 5) is 14.0. The molecule has 1 aromatic rings. The zero-order chi connectivity index (χ0) is 16.3. The summed E-state index contributed by atoms with van der Waals surface area (Å²) in [5.41, 5.74) is 2.37. The summed E-state index contributed by atoms with van der Waals surface area (Å²) in [7, 11) is 1.60. The molecule has 2 rings (SSSR count). The molecule has 0 aromatic heterocycles. The van der Waals surface area contributed by atoms with Crippen molar-refractivity contribution in [3.8, 4) is 0 Å². The molecule has 1 aromatic carbocycles. The maximum Gasteiger partial charge on any atom is 0.246 e. The molecule has 6 heteroatoms. The van der Waals surface area contributed by atoms with Crippen LogP contribution < -0.4 is 5.32 Å². The summed E-state index contributed by atoms with van der Waals surface area (Å²) in [6.45, 7) is 6.07. The van der Waals surface area contributed by atoms with E-state index in [2.05, 4.69) is 34.5 Å². The lowest BCUT2D eigenvalue weighted by molar-refractivity contribution is -0.126. The average molecular weight is 322 g/mol. The van der Waals surface area contributed by atoms with Crippen LogP contribution in [-0.2, 0) is 32.1 Å². The fourth-order valence-electron chi connectivity index (χ4n) is 2.34. The molecule has 0 radical (unpaired) electrons. The van der Waals surface area contributed by atoms with Crippen LogP contribution in [0.15, 0.2) is 24.3 Å². The minimum Gasteiger partial charge on any atom is -0.382 e. The fraction of sp³-hybridized carbons (Fsp3) is 0.588. The minimum atomic E-state index is -0.113. The van der Waals surface area contributed by atoms with E-state index in [0.717, 1.165) is 38.4 Å². The van der Waals surface area contributed by atoms with Crippen molar-refractivity contribution < 1.29 is 19.0 Å². The van der Waals surface area contributed by atoms with Gasteiger partial charge < -0.3 is 19.5 Å². The second-order valence-electron chi connectivity index (χ2n) is 5.53. The van der Waals surface area contributed by atoms with Crippen molar-refractivity contribution in [3.63, 3.8) is 0 Å². The highest BCUT2D eigenvalue weighted by Crippen LogP contribution is 2.09. The zero-order valence-electron chi connectivity index (χ0n) is 13.8. The van der Waals surface area contributed by atoms with E-state index in [9.17, 15) is 4.79 Å². The Balaban J connectivity index is 1.67. The number of benzene rings is 1. The highest BCUT2D eigenvalue weighted by molar-refractivity contribution is 5.77. The van der Waals surface area contributed by atoms with E-state index in [1.807, 2.05) is 0 Å². The fourth-order valence-corrected chi connectivity index (χ4v) is 2.34. The number of nitrogens with zero attached hydrogens (tertiary/aromatic N) is 1. The number of amides is 1. The smallest absolute Gasteiger partial charge is 0.246 e. The molecule has 128 valence electrons. The van der Waals surface area contributed by atoms with Crippen molar-refractivity contribution >= 4 is 5.91 Å². The van der Waals surface area contributed by atoms with Crippen molar-refractivity contribution in [1.82, 2.24) is 10.2 Å². The lowest BCUT2D eigenvalue weighted by atomic mass is 10.1. The number of methoxy groups -OCH3 is 1. The Morgan fingerprint density at radius 3 is 2.57 bits per heavy atom. The summed E-state index contributed by atoms with van der Waals surface area (Å²) in [5.74, 6) is -0.113. The summed E-state index contributed by atoms with van der Waals surface area (Å²) >= 11 is 0. The number of nitrogens with one attached hydrogen (secondary N) is 1. The molecule has 1 N–H and O–H groups in total. The van der Waals surface area contributed by atoms with Gasteiger partial charge in [-0.05, 0) is 11.1 Å². The van der Waals surface area contributed by atoms with Gasteiger partial charge in [0.15, 0.2) is 0 Å². The number of morpholine rings is 1. The summed E-state index contributed by atoms with van der Waals surface area (Å²) in [5, 5.41) is 2.85. The summed E-state index contributed by atoms with van der Waals surface area (Å²) in [6, 6.07) is 8.35. The van der Waals surface area contributed by atoms with E-state index in [1.54, 1.807) is 7.11 Å². The third-order valence-corrected chi connectivity index (χ3v) is 3.69. The van der Waals surface area contributed by atoms with Gasteiger partial charge in [-0.3, -0.25) is 9.69 Å². The Morgan fingerprint density at radius 1 is 1.17 bits per heavy atom. The van der Waals surface area contributed by atoms with Crippen LogP contribution in [0.1, 0.15) is 11.1 Å². The van der Waals surface area contributed by atoms with Crippen LogP contribution in [-0.4, -0.2) is 64.0 Å². The molecule has 0 bridgehead atoms. The molecule has 0 aliphatic carbocycles. The minimum absolute atomic E-state index is 0.0679. The molecule has 0 spiro atoms. The molecule has 1 heterocycles. The highest BCUT2D eigenvalue weighted by atomic mass is 16.5. The van der Waals surface area contributed by atoms with Crippen LogP contribution >= 0.6 is 0 Å². The van der Waals surface area contributed by atoms with Crippen molar-refractivity contribution in [3.05, 3.63) is 35.4 Å². The maximum absolute atomic E-state index is 11.6. The molecule has 0 unspecified atom stereocenters. The molecular weight excluding hydrogens is 296 g/mol. The van der Waals surface area contributed by atoms with Crippen LogP contribution in [0, 0.1) is 0 Å². The van der Waals surface area contributed by atoms with Gasteiger partial charge in [-0.2, -0.15) is 0 Å². The Labute approximate surface area is 137 Å². The highest BCUT2D eigenvalue weighted by Gasteiger charge is 2.10. The average Bonchev–Trinajstić information content (AvgIpc) is 2.59. The lowest BCUT2D eigenvalue weighted by Gasteiger charge is -2.26. The van der Waals surface area contributed by atoms with Crippen LogP contribution in [0.4, 0.5) is 0 Å². The molecule has 1 amide bonds. The second kappa shape index (κ2) is 10.3. The van der Waals surface area contributed by atoms with Crippen molar-refractivity contribution in [1.29, 1.82) is 0 Å². The van der Waals surface area contributed by atoms with Gasteiger partial charge in [-0.15, -0.1) is 0 Å². The largest absolute Gasteiger partial charge is 0.382 e. The third kappa shape index (κ3) is 7.09. The molecule has 0 saturated carbocycles. The number of hydrogen-bond acceptors (Lipinski definition) is 5. The van der Waals surface area contributed by atoms with Gasteiger partial charge in [-0.25, -0.2) is 0 Å². The Bertz CT molecular complexity index is 458. The first-order chi connectivity index (χ1) is 11.3. The molecule has 0 atom stereocenters. The molecule has 1 aliphatic heterocycles. The summed E-state index contributed by atoms with van der Waals surface area (Å²) < 4.78 is 15.4. The molecule has 23 heavy (non-hydrogen) atoms. The maximum atomic E-state index is 11.6. The summed E-state index contributed by atoms with van der Waals surface area (Å²) in [6.07, 6.45) is 0. The van der Waals surface area contributed by atoms with Crippen LogP contribution in [0.5, 0.6) is 0 Å². The van der Waals surface area contributed by atoms with Gasteiger partial charge in [-0.1, -0.05) is 24.3 Å². The number of carbonyl (C=O) groups is 1. The third-order valence-electron chi connectivity index (χ3n) is 3.69. The predicted octanol–water partition coefficient (Wildman–Crippen LogP) is 0.798. The zero-order valence-corrected chi connectivity index (χ0v) is 13.8. The van der Waals surface area contributed by atoms with Gasteiger partial charge in [0.25, 0.3) is 0 Å². The van der Waals surface area contributed by atoms with Gasteiger partial charge in [0.05, 0.1) is 26.4 Å². The van der Waals surface area contributed by atoms with Gasteiger partial charge in [0, 0.05) is 33.3 Å². The molecule has 1 saturated heterocycles. The van der Waals surface area contributed by atoms with Crippen LogP contribution in [0.2, 0.25) is 0 Å². The van der Waals surface area contributed by atoms with E-state index in [0.29, 0.717) is 19.8 Å². The monoisotopic (exact) mass is 322 g/mol. The quantitative estimate of drug-likeness (QED) is 0.682. The molecule has 1 aliphatic rings. The van der Waals surface area contributed by atoms with Crippen molar-refractivity contribution in [2.24, 2.45) is 0 Å². The number of rotatable bonds is 9. The Hall–Kier alpha value is -1.47. The molecule has 1 fully saturated rings. The van der Waals surface area contributed by atoms with Crippen molar-refractivity contribution in [2.75, 3.05) is 53.2 Å². The molecule has 6 nitrogen and oxygen atoms in total. The SMILES string of the molecule is COCCOCC(=O)NCc1ccc(CN2CCOCC2)cc1. The first-order valence-electron chi connectivity index (χ1n) is 7.99. The van der Waals surface area contributed by atoms with Gasteiger partial charge in [0.1, 0.15) is 6.61 Å². The van der Waals surface area contributed by atoms with E-state index < -0.39 is 0 Å². The number of carbonyl (C=O) groups excluding carboxylic acids is 1. The second-order valence-corrected chi connectivity index (χ2v) is 5.53. The van der Waals surface area contributed by atoms with Crippen LogP contribution in [0.3, 0.4) is 0 Å². The Morgan fingerprint density at radius 2 is 1.87 bits per heavy atom. The number of hydrogen-bond donors (Lipinski definition) is 1. The lowest BCUT2D eigenvalue weighted by Crippen LogP contribution is -2.35. The van der Waals surface area contributed by atoms with E-state index in [1.165, 1.54) is 5.56 Å². The standard InChI is InChI=1S/C17H26N2O4/c1-21-10-11-23-14-17(20)18-12-15-2-4-16(5-3-15)13-19-6-8-22-9-7-19/h2-5H,6-14H2,1H3,(H,18,20). The normalized spacial score (nSPS) is 15.5. The number of ether oxygens (including phenoxy) is 3. The first kappa shape index (κ1) is 17.9. The van der Waals surface area contributed by atoms with Crippen LogP contribution in [0.25, 0.3) is 0 Å². The topological polar surface area (TPSA) is 60.0 Å².